The highest BCUT2D eigenvalue weighted by molar-refractivity contribution is 6.00. The molecule has 1 heterocycles. The number of aliphatic hydroxyl groups is 1. The van der Waals surface area contributed by atoms with Gasteiger partial charge in [0.25, 0.3) is 0 Å². The molecule has 0 saturated heterocycles. The number of hydrogen-bond donors (Lipinski definition) is 4. The van der Waals surface area contributed by atoms with Crippen LogP contribution < -0.4 is 20.7 Å². The lowest BCUT2D eigenvalue weighted by atomic mass is 10.0. The number of anilines is 2. The van der Waals surface area contributed by atoms with Crippen LogP contribution in [0.1, 0.15) is 38.2 Å². The fourth-order valence-electron chi connectivity index (χ4n) is 3.74. The maximum Gasteiger partial charge on any atom is 0.407 e. The van der Waals surface area contributed by atoms with Gasteiger partial charge in [-0.2, -0.15) is 0 Å². The molecule has 0 bridgehead atoms. The molecule has 0 spiro atoms. The van der Waals surface area contributed by atoms with Crippen LogP contribution in [0.4, 0.5) is 21.0 Å². The highest BCUT2D eigenvalue weighted by Crippen LogP contribution is 2.32. The van der Waals surface area contributed by atoms with Crippen molar-refractivity contribution in [1.29, 1.82) is 0 Å². The van der Waals surface area contributed by atoms with E-state index in [2.05, 4.69) is 27.9 Å². The minimum absolute atomic E-state index is 0.180. The van der Waals surface area contributed by atoms with Gasteiger partial charge in [0.1, 0.15) is 5.75 Å². The van der Waals surface area contributed by atoms with Crippen molar-refractivity contribution in [2.24, 2.45) is 5.92 Å². The van der Waals surface area contributed by atoms with Gasteiger partial charge in [0.2, 0.25) is 0 Å². The average Bonchev–Trinajstić information content (AvgIpc) is 3.44. The van der Waals surface area contributed by atoms with Crippen LogP contribution in [-0.4, -0.2) is 42.5 Å². The Labute approximate surface area is 216 Å². The van der Waals surface area contributed by atoms with E-state index in [0.29, 0.717) is 29.5 Å². The topological polar surface area (TPSA) is 135 Å². The predicted octanol–water partition coefficient (Wildman–Crippen LogP) is 5.41. The second-order valence-electron chi connectivity index (χ2n) is 8.51. The molecule has 3 amide bonds. The van der Waals surface area contributed by atoms with E-state index >= 15 is 0 Å². The maximum atomic E-state index is 12.5. The molecule has 37 heavy (non-hydrogen) atoms. The quantitative estimate of drug-likeness (QED) is 0.226. The normalized spacial score (nSPS) is 11.4. The molecule has 198 valence electrons. The predicted molar refractivity (Wildman–Crippen MR) is 140 cm³/mol. The number of carbonyl (C=O) groups is 2. The van der Waals surface area contributed by atoms with Crippen molar-refractivity contribution in [3.63, 3.8) is 0 Å². The number of unbranched alkanes of at least 4 members (excludes halogenated alkanes) is 1. The van der Waals surface area contributed by atoms with Gasteiger partial charge in [-0.3, -0.25) is 0 Å². The van der Waals surface area contributed by atoms with Gasteiger partial charge in [0.15, 0.2) is 12.2 Å². The van der Waals surface area contributed by atoms with E-state index < -0.39 is 12.1 Å². The molecule has 0 aliphatic rings. The molecule has 2 aromatic carbocycles. The highest BCUT2D eigenvalue weighted by Gasteiger charge is 2.12. The number of hydrogen-bond acceptors (Lipinski definition) is 7. The second kappa shape index (κ2) is 14.5. The zero-order chi connectivity index (χ0) is 26.5. The van der Waals surface area contributed by atoms with Crippen molar-refractivity contribution in [3.8, 4) is 17.1 Å². The largest absolute Gasteiger partial charge is 0.496 e. The summed E-state index contributed by atoms with van der Waals surface area (Å²) >= 11 is 0. The van der Waals surface area contributed by atoms with Crippen LogP contribution >= 0.6 is 0 Å². The number of urea groups is 1. The third-order valence-electron chi connectivity index (χ3n) is 5.83. The van der Waals surface area contributed by atoms with Crippen LogP contribution in [0.25, 0.3) is 11.3 Å². The van der Waals surface area contributed by atoms with Crippen molar-refractivity contribution in [2.45, 2.75) is 39.2 Å². The first-order chi connectivity index (χ1) is 18.0. The fraction of sp³-hybridized carbons (Fsp3) is 0.370. The number of carbonyl (C=O) groups excluding carboxylic acids is 2. The van der Waals surface area contributed by atoms with E-state index in [-0.39, 0.29) is 19.1 Å². The minimum Gasteiger partial charge on any atom is -0.496 e. The number of aliphatic hydroxyl groups excluding tert-OH is 1. The lowest BCUT2D eigenvalue weighted by Gasteiger charge is -2.15. The Hall–Kier alpha value is -4.05. The van der Waals surface area contributed by atoms with Gasteiger partial charge in [-0.15, -0.1) is 0 Å². The molecule has 0 saturated carbocycles. The first-order valence-corrected chi connectivity index (χ1v) is 12.3. The molecule has 1 unspecified atom stereocenters. The maximum absolute atomic E-state index is 12.5. The average molecular weight is 511 g/mol. The van der Waals surface area contributed by atoms with Crippen LogP contribution in [0, 0.1) is 5.92 Å². The van der Waals surface area contributed by atoms with Crippen LogP contribution in [0.3, 0.4) is 0 Å². The Morgan fingerprint density at radius 3 is 2.62 bits per heavy atom. The lowest BCUT2D eigenvalue weighted by molar-refractivity contribution is 0.121. The Balaban J connectivity index is 1.48. The van der Waals surface area contributed by atoms with Crippen LogP contribution in [0.2, 0.25) is 0 Å². The molecule has 10 heteroatoms. The summed E-state index contributed by atoms with van der Waals surface area (Å²) in [5.41, 5.74) is 2.64. The number of oxazole rings is 1. The lowest BCUT2D eigenvalue weighted by Crippen LogP contribution is -2.26. The summed E-state index contributed by atoms with van der Waals surface area (Å²) < 4.78 is 16.1. The molecule has 3 aromatic rings. The van der Waals surface area contributed by atoms with Gasteiger partial charge in [0.05, 0.1) is 25.5 Å². The van der Waals surface area contributed by atoms with E-state index in [1.807, 2.05) is 6.07 Å². The summed E-state index contributed by atoms with van der Waals surface area (Å²) in [6.45, 7) is 2.85. The van der Waals surface area contributed by atoms with Crippen molar-refractivity contribution in [1.82, 2.24) is 10.3 Å². The summed E-state index contributed by atoms with van der Waals surface area (Å²) in [6.07, 6.45) is 5.93. The Morgan fingerprint density at radius 2 is 1.92 bits per heavy atom. The summed E-state index contributed by atoms with van der Waals surface area (Å²) in [4.78, 5) is 28.6. The van der Waals surface area contributed by atoms with Crippen LogP contribution in [-0.2, 0) is 11.3 Å². The monoisotopic (exact) mass is 510 g/mol. The fourth-order valence-corrected chi connectivity index (χ4v) is 3.74. The van der Waals surface area contributed by atoms with Crippen LogP contribution in [0.5, 0.6) is 5.75 Å². The highest BCUT2D eigenvalue weighted by atomic mass is 16.5. The summed E-state index contributed by atoms with van der Waals surface area (Å²) in [5.74, 6) is 1.37. The zero-order valence-corrected chi connectivity index (χ0v) is 21.2. The smallest absolute Gasteiger partial charge is 0.407 e. The molecule has 4 N–H and O–H groups in total. The molecular formula is C27H34N4O6. The van der Waals surface area contributed by atoms with Gasteiger partial charge in [-0.05, 0) is 48.6 Å². The summed E-state index contributed by atoms with van der Waals surface area (Å²) in [6, 6.07) is 12.0. The minimum atomic E-state index is -0.487. The molecule has 0 radical (unpaired) electrons. The molecule has 0 aliphatic carbocycles. The second-order valence-corrected chi connectivity index (χ2v) is 8.51. The molecule has 1 atom stereocenters. The number of methoxy groups -OCH3 is 1. The Bertz CT molecular complexity index is 1140. The molecule has 3 rings (SSSR count). The van der Waals surface area contributed by atoms with E-state index in [4.69, 9.17) is 19.0 Å². The van der Waals surface area contributed by atoms with Crippen molar-refractivity contribution >= 4 is 23.5 Å². The van der Waals surface area contributed by atoms with Gasteiger partial charge in [0, 0.05) is 30.6 Å². The van der Waals surface area contributed by atoms with Crippen LogP contribution in [0.15, 0.2) is 59.5 Å². The summed E-state index contributed by atoms with van der Waals surface area (Å²) in [5, 5.41) is 17.2. The third-order valence-corrected chi connectivity index (χ3v) is 5.83. The molecule has 0 aliphatic heterocycles. The summed E-state index contributed by atoms with van der Waals surface area (Å²) in [7, 11) is 1.54. The molecule has 1 aromatic heterocycles. The number of nitrogens with zero attached hydrogens (tertiary/aromatic N) is 1. The van der Waals surface area contributed by atoms with Gasteiger partial charge < -0.3 is 34.9 Å². The number of rotatable bonds is 13. The first-order valence-electron chi connectivity index (χ1n) is 12.3. The van der Waals surface area contributed by atoms with E-state index in [9.17, 15) is 9.59 Å². The van der Waals surface area contributed by atoms with Crippen molar-refractivity contribution in [3.05, 3.63) is 60.6 Å². The van der Waals surface area contributed by atoms with E-state index in [1.54, 1.807) is 42.6 Å². The number of benzene rings is 2. The van der Waals surface area contributed by atoms with Gasteiger partial charge >= 0.3 is 12.1 Å². The number of aromatic nitrogens is 1. The van der Waals surface area contributed by atoms with Crippen molar-refractivity contribution in [2.75, 3.05) is 31.0 Å². The van der Waals surface area contributed by atoms with Gasteiger partial charge in [-0.1, -0.05) is 31.9 Å². The SMILES string of the molecule is CCC(CCCCO)COC(=O)NCc1cccc(NC(=O)Nc2ccc(-c3cnco3)c(OC)c2)c1. The Kier molecular flexibility index (Phi) is 10.8. The van der Waals surface area contributed by atoms with E-state index in [1.165, 1.54) is 13.5 Å². The number of amides is 3. The van der Waals surface area contributed by atoms with Gasteiger partial charge in [-0.25, -0.2) is 14.6 Å². The molecule has 10 nitrogen and oxygen atoms in total. The standard InChI is InChI=1S/C27H34N4O6/c1-3-19(7-4-5-12-32)17-36-27(34)29-15-20-8-6-9-21(13-20)30-26(33)31-22-10-11-23(24(14-22)35-2)25-16-28-18-37-25/h6,8-11,13-14,16,18-19,32H,3-5,7,12,15,17H2,1-2H3,(H,29,34)(H2,30,31,33). The van der Waals surface area contributed by atoms with Crippen molar-refractivity contribution < 1.29 is 28.6 Å². The first kappa shape index (κ1) is 27.5. The van der Waals surface area contributed by atoms with E-state index in [0.717, 1.165) is 36.8 Å². The number of ether oxygens (including phenoxy) is 2. The number of nitrogens with one attached hydrogen (secondary N) is 3. The third kappa shape index (κ3) is 8.84. The molecule has 0 fully saturated rings. The number of alkyl carbamates (subject to hydrolysis) is 1. The zero-order valence-electron chi connectivity index (χ0n) is 21.2. The Morgan fingerprint density at radius 1 is 1.11 bits per heavy atom. The molecular weight excluding hydrogens is 476 g/mol.